The van der Waals surface area contributed by atoms with Crippen LogP contribution in [0, 0.1) is 0 Å². The summed E-state index contributed by atoms with van der Waals surface area (Å²) in [4.78, 5) is 14.4. The van der Waals surface area contributed by atoms with Crippen LogP contribution in [0.3, 0.4) is 0 Å². The van der Waals surface area contributed by atoms with E-state index < -0.39 is 0 Å². The van der Waals surface area contributed by atoms with Gasteiger partial charge in [0.15, 0.2) is 0 Å². The first kappa shape index (κ1) is 16.7. The topological polar surface area (TPSA) is 59.4 Å². The van der Waals surface area contributed by atoms with Crippen molar-refractivity contribution < 1.29 is 9.53 Å². The number of rotatable bonds is 6. The van der Waals surface area contributed by atoms with Gasteiger partial charge in [-0.3, -0.25) is 14.4 Å². The Morgan fingerprint density at radius 1 is 1.33 bits per heavy atom. The second kappa shape index (κ2) is 7.59. The van der Waals surface area contributed by atoms with Crippen molar-refractivity contribution in [3.63, 3.8) is 0 Å². The van der Waals surface area contributed by atoms with Gasteiger partial charge < -0.3 is 10.1 Å². The molecule has 2 aromatic rings. The van der Waals surface area contributed by atoms with E-state index in [4.69, 9.17) is 4.74 Å². The van der Waals surface area contributed by atoms with Crippen molar-refractivity contribution in [2.24, 2.45) is 0 Å². The molecule has 6 heteroatoms. The zero-order valence-corrected chi connectivity index (χ0v) is 14.2. The van der Waals surface area contributed by atoms with Crippen molar-refractivity contribution >= 4 is 5.91 Å². The number of nitrogens with one attached hydrogen (secondary N) is 1. The summed E-state index contributed by atoms with van der Waals surface area (Å²) in [6.45, 7) is 2.02. The van der Waals surface area contributed by atoms with Gasteiger partial charge in [0.25, 0.3) is 0 Å². The Hall–Kier alpha value is -2.18. The Morgan fingerprint density at radius 2 is 2.12 bits per heavy atom. The molecule has 1 saturated heterocycles. The van der Waals surface area contributed by atoms with Crippen LogP contribution in [0.1, 0.15) is 17.5 Å². The minimum atomic E-state index is -0.116. The average Bonchev–Trinajstić information content (AvgIpc) is 3.20. The third-order valence-electron chi connectivity index (χ3n) is 4.49. The molecule has 1 aliphatic rings. The summed E-state index contributed by atoms with van der Waals surface area (Å²) in [5.74, 6) is 0.0489. The normalized spacial score (nSPS) is 21.1. The van der Waals surface area contributed by atoms with Gasteiger partial charge in [-0.2, -0.15) is 5.10 Å². The predicted octanol–water partition coefficient (Wildman–Crippen LogP) is 1.27. The molecule has 1 aromatic carbocycles. The quantitative estimate of drug-likeness (QED) is 0.867. The van der Waals surface area contributed by atoms with Crippen molar-refractivity contribution in [2.45, 2.75) is 31.7 Å². The van der Waals surface area contributed by atoms with E-state index in [2.05, 4.69) is 22.5 Å². The minimum Gasteiger partial charge on any atom is -0.380 e. The Labute approximate surface area is 142 Å². The number of carbonyl (C=O) groups excluding carboxylic acids is 1. The Morgan fingerprint density at radius 3 is 2.83 bits per heavy atom. The fourth-order valence-electron chi connectivity index (χ4n) is 3.09. The smallest absolute Gasteiger partial charge is 0.237 e. The Kier molecular flexibility index (Phi) is 5.27. The van der Waals surface area contributed by atoms with Gasteiger partial charge in [0.05, 0.1) is 24.9 Å². The van der Waals surface area contributed by atoms with Crippen LogP contribution in [0.25, 0.3) is 0 Å². The Balaban J connectivity index is 1.51. The average molecular weight is 328 g/mol. The number of likely N-dealkylation sites (N-methyl/N-ethyl adjacent to an activating group) is 1. The molecule has 1 fully saturated rings. The molecule has 0 radical (unpaired) electrons. The number of nitrogens with zero attached hydrogens (tertiary/aromatic N) is 3. The van der Waals surface area contributed by atoms with E-state index in [0.29, 0.717) is 6.54 Å². The van der Waals surface area contributed by atoms with E-state index in [-0.39, 0.29) is 18.1 Å². The van der Waals surface area contributed by atoms with Crippen LogP contribution in [-0.4, -0.2) is 53.4 Å². The highest BCUT2D eigenvalue weighted by Crippen LogP contribution is 2.18. The highest BCUT2D eigenvalue weighted by atomic mass is 16.5. The van der Waals surface area contributed by atoms with Crippen LogP contribution in [-0.2, 0) is 22.6 Å². The minimum absolute atomic E-state index is 0.0489. The molecular formula is C18H24N4O2. The monoisotopic (exact) mass is 328 g/mol. The van der Waals surface area contributed by atoms with Crippen LogP contribution in [0.4, 0.5) is 0 Å². The van der Waals surface area contributed by atoms with E-state index in [9.17, 15) is 4.79 Å². The van der Waals surface area contributed by atoms with Gasteiger partial charge in [0, 0.05) is 32.0 Å². The van der Waals surface area contributed by atoms with Crippen molar-refractivity contribution in [2.75, 3.05) is 20.7 Å². The largest absolute Gasteiger partial charge is 0.380 e. The highest BCUT2D eigenvalue weighted by Gasteiger charge is 2.34. The fraction of sp³-hybridized carbons (Fsp3) is 0.444. The van der Waals surface area contributed by atoms with Gasteiger partial charge in [0.2, 0.25) is 5.91 Å². The molecule has 0 unspecified atom stereocenters. The first-order chi connectivity index (χ1) is 11.7. The zero-order chi connectivity index (χ0) is 16.9. The fourth-order valence-corrected chi connectivity index (χ4v) is 3.09. The molecule has 3 rings (SSSR count). The van der Waals surface area contributed by atoms with Gasteiger partial charge in [-0.25, -0.2) is 0 Å². The summed E-state index contributed by atoms with van der Waals surface area (Å²) in [6, 6.07) is 10.1. The molecule has 24 heavy (non-hydrogen) atoms. The summed E-state index contributed by atoms with van der Waals surface area (Å²) in [6.07, 6.45) is 4.66. The van der Waals surface area contributed by atoms with Gasteiger partial charge in [-0.15, -0.1) is 0 Å². The molecule has 128 valence electrons. The molecule has 0 saturated carbocycles. The molecule has 1 amide bonds. The van der Waals surface area contributed by atoms with Gasteiger partial charge >= 0.3 is 0 Å². The number of hydrogen-bond acceptors (Lipinski definition) is 4. The molecule has 2 atom stereocenters. The predicted molar refractivity (Wildman–Crippen MR) is 91.4 cm³/mol. The molecule has 1 aliphatic heterocycles. The first-order valence-electron chi connectivity index (χ1n) is 8.21. The third-order valence-corrected chi connectivity index (χ3v) is 4.49. The summed E-state index contributed by atoms with van der Waals surface area (Å²) >= 11 is 0. The maximum atomic E-state index is 12.4. The standard InChI is InChI=1S/C18H24N4O2/c1-21-13-16(24-2)8-17(21)18(23)19-9-15-10-20-22(12-15)11-14-6-4-3-5-7-14/h3-7,10,12,16-17H,8-9,11,13H2,1-2H3,(H,19,23)/t16-,17-/m0/s1. The van der Waals surface area contributed by atoms with Crippen LogP contribution in [0.2, 0.25) is 0 Å². The number of likely N-dealkylation sites (tertiary alicyclic amines) is 1. The molecule has 0 bridgehead atoms. The third kappa shape index (κ3) is 4.01. The molecular weight excluding hydrogens is 304 g/mol. The van der Waals surface area contributed by atoms with Gasteiger partial charge in [-0.05, 0) is 19.0 Å². The SMILES string of the molecule is CO[C@H]1C[C@@H](C(=O)NCc2cnn(Cc3ccccc3)c2)N(C)C1. The number of aromatic nitrogens is 2. The van der Waals surface area contributed by atoms with E-state index in [0.717, 1.165) is 25.1 Å². The summed E-state index contributed by atoms with van der Waals surface area (Å²) in [5, 5.41) is 7.37. The maximum Gasteiger partial charge on any atom is 0.237 e. The van der Waals surface area contributed by atoms with Crippen LogP contribution >= 0.6 is 0 Å². The number of hydrogen-bond donors (Lipinski definition) is 1. The van der Waals surface area contributed by atoms with Crippen molar-refractivity contribution in [3.8, 4) is 0 Å². The lowest BCUT2D eigenvalue weighted by Crippen LogP contribution is -2.41. The lowest BCUT2D eigenvalue weighted by atomic mass is 10.2. The second-order valence-corrected chi connectivity index (χ2v) is 6.30. The van der Waals surface area contributed by atoms with Gasteiger partial charge in [0.1, 0.15) is 0 Å². The summed E-state index contributed by atoms with van der Waals surface area (Å²) < 4.78 is 7.24. The number of amides is 1. The first-order valence-corrected chi connectivity index (χ1v) is 8.21. The van der Waals surface area contributed by atoms with Crippen molar-refractivity contribution in [1.82, 2.24) is 20.0 Å². The molecule has 2 heterocycles. The molecule has 0 spiro atoms. The summed E-state index contributed by atoms with van der Waals surface area (Å²) in [5.41, 5.74) is 2.21. The summed E-state index contributed by atoms with van der Waals surface area (Å²) in [7, 11) is 3.65. The number of benzene rings is 1. The van der Waals surface area contributed by atoms with E-state index in [1.807, 2.05) is 41.0 Å². The second-order valence-electron chi connectivity index (χ2n) is 6.30. The van der Waals surface area contributed by atoms with Crippen LogP contribution in [0.15, 0.2) is 42.7 Å². The van der Waals surface area contributed by atoms with E-state index in [1.165, 1.54) is 5.56 Å². The highest BCUT2D eigenvalue weighted by molar-refractivity contribution is 5.82. The van der Waals surface area contributed by atoms with Crippen LogP contribution < -0.4 is 5.32 Å². The maximum absolute atomic E-state index is 12.4. The lowest BCUT2D eigenvalue weighted by Gasteiger charge is -2.17. The Bertz CT molecular complexity index is 671. The number of ether oxygens (including phenoxy) is 1. The number of carbonyl (C=O) groups is 1. The molecule has 6 nitrogen and oxygen atoms in total. The van der Waals surface area contributed by atoms with Crippen molar-refractivity contribution in [3.05, 3.63) is 53.9 Å². The van der Waals surface area contributed by atoms with Gasteiger partial charge in [-0.1, -0.05) is 30.3 Å². The molecule has 1 aromatic heterocycles. The number of methoxy groups -OCH3 is 1. The van der Waals surface area contributed by atoms with E-state index >= 15 is 0 Å². The zero-order valence-electron chi connectivity index (χ0n) is 14.2. The van der Waals surface area contributed by atoms with Crippen LogP contribution in [0.5, 0.6) is 0 Å². The van der Waals surface area contributed by atoms with Crippen molar-refractivity contribution in [1.29, 1.82) is 0 Å². The molecule has 1 N–H and O–H groups in total. The lowest BCUT2D eigenvalue weighted by molar-refractivity contribution is -0.125. The van der Waals surface area contributed by atoms with E-state index in [1.54, 1.807) is 13.3 Å². The molecule has 0 aliphatic carbocycles.